The number of H-pyrrole nitrogens is 1. The highest BCUT2D eigenvalue weighted by Gasteiger charge is 2.31. The Morgan fingerprint density at radius 3 is 2.65 bits per heavy atom. The molecule has 0 spiro atoms. The highest BCUT2D eigenvalue weighted by atomic mass is 19.4. The monoisotopic (exact) mass is 280 g/mol. The van der Waals surface area contributed by atoms with Crippen LogP contribution in [-0.4, -0.2) is 10.2 Å². The summed E-state index contributed by atoms with van der Waals surface area (Å²) in [4.78, 5) is 0. The molecule has 0 saturated carbocycles. The molecule has 1 unspecified atom stereocenters. The number of halogens is 3. The molecular weight excluding hydrogens is 269 g/mol. The van der Waals surface area contributed by atoms with Gasteiger partial charge in [-0.15, -0.1) is 0 Å². The van der Waals surface area contributed by atoms with Crippen molar-refractivity contribution in [3.8, 4) is 6.07 Å². The summed E-state index contributed by atoms with van der Waals surface area (Å²) in [6.07, 6.45) is -2.88. The molecule has 2 N–H and O–H groups in total. The van der Waals surface area contributed by atoms with Crippen LogP contribution in [0.1, 0.15) is 29.8 Å². The van der Waals surface area contributed by atoms with E-state index in [9.17, 15) is 13.2 Å². The first kappa shape index (κ1) is 13.9. The van der Waals surface area contributed by atoms with Crippen LogP contribution in [0.25, 0.3) is 0 Å². The van der Waals surface area contributed by atoms with Crippen molar-refractivity contribution in [3.05, 3.63) is 47.3 Å². The molecule has 7 heteroatoms. The molecule has 1 atom stereocenters. The Kier molecular flexibility index (Phi) is 3.66. The van der Waals surface area contributed by atoms with Crippen LogP contribution < -0.4 is 5.32 Å². The van der Waals surface area contributed by atoms with Crippen molar-refractivity contribution in [1.29, 1.82) is 5.26 Å². The van der Waals surface area contributed by atoms with Gasteiger partial charge < -0.3 is 5.32 Å². The van der Waals surface area contributed by atoms with Crippen molar-refractivity contribution in [3.63, 3.8) is 0 Å². The first-order valence-electron chi connectivity index (χ1n) is 5.79. The van der Waals surface area contributed by atoms with Crippen molar-refractivity contribution >= 4 is 5.69 Å². The predicted octanol–water partition coefficient (Wildman–Crippen LogP) is 3.47. The van der Waals surface area contributed by atoms with Crippen molar-refractivity contribution in [2.75, 3.05) is 5.32 Å². The third kappa shape index (κ3) is 2.91. The number of nitrogens with one attached hydrogen (secondary N) is 2. The summed E-state index contributed by atoms with van der Waals surface area (Å²) < 4.78 is 37.7. The molecule has 0 radical (unpaired) electrons. The molecule has 0 bridgehead atoms. The average Bonchev–Trinajstić information content (AvgIpc) is 2.91. The molecule has 20 heavy (non-hydrogen) atoms. The maximum atomic E-state index is 12.6. The SMILES string of the molecule is CC(Nc1ccc(C(F)(F)F)cc1C#N)c1ccn[nH]1. The minimum Gasteiger partial charge on any atom is -0.376 e. The van der Waals surface area contributed by atoms with E-state index >= 15 is 0 Å². The van der Waals surface area contributed by atoms with Gasteiger partial charge in [-0.25, -0.2) is 0 Å². The van der Waals surface area contributed by atoms with Crippen LogP contribution in [0.2, 0.25) is 0 Å². The topological polar surface area (TPSA) is 64.5 Å². The number of rotatable bonds is 3. The lowest BCUT2D eigenvalue weighted by atomic mass is 10.1. The number of aromatic nitrogens is 2. The smallest absolute Gasteiger partial charge is 0.376 e. The van der Waals surface area contributed by atoms with E-state index in [1.54, 1.807) is 18.3 Å². The number of nitriles is 1. The zero-order chi connectivity index (χ0) is 14.8. The highest BCUT2D eigenvalue weighted by molar-refractivity contribution is 5.59. The molecule has 0 fully saturated rings. The summed E-state index contributed by atoms with van der Waals surface area (Å²) in [5, 5.41) is 18.5. The fraction of sp³-hybridized carbons (Fsp3) is 0.231. The van der Waals surface area contributed by atoms with Crippen molar-refractivity contribution < 1.29 is 13.2 Å². The molecule has 1 aromatic carbocycles. The van der Waals surface area contributed by atoms with Gasteiger partial charge in [-0.3, -0.25) is 5.10 Å². The van der Waals surface area contributed by atoms with Crippen LogP contribution in [0.4, 0.5) is 18.9 Å². The van der Waals surface area contributed by atoms with E-state index in [2.05, 4.69) is 15.5 Å². The van der Waals surface area contributed by atoms with Crippen LogP contribution in [0.15, 0.2) is 30.5 Å². The Bertz CT molecular complexity index is 626. The first-order valence-corrected chi connectivity index (χ1v) is 5.79. The van der Waals surface area contributed by atoms with E-state index in [-0.39, 0.29) is 11.6 Å². The lowest BCUT2D eigenvalue weighted by Gasteiger charge is -2.16. The van der Waals surface area contributed by atoms with Gasteiger partial charge in [0, 0.05) is 6.20 Å². The molecule has 0 aliphatic rings. The minimum absolute atomic E-state index is 0.0498. The number of benzene rings is 1. The van der Waals surface area contributed by atoms with Crippen LogP contribution in [0, 0.1) is 11.3 Å². The Hall–Kier alpha value is -2.49. The second-order valence-corrected chi connectivity index (χ2v) is 4.25. The summed E-state index contributed by atoms with van der Waals surface area (Å²) in [5.41, 5.74) is 0.233. The van der Waals surface area contributed by atoms with Gasteiger partial charge >= 0.3 is 6.18 Å². The molecule has 104 valence electrons. The molecule has 1 aromatic heterocycles. The van der Waals surface area contributed by atoms with Gasteiger partial charge in [-0.2, -0.15) is 23.5 Å². The number of nitrogens with zero attached hydrogens (tertiary/aromatic N) is 2. The van der Waals surface area contributed by atoms with Gasteiger partial charge in [0.15, 0.2) is 0 Å². The van der Waals surface area contributed by atoms with Gasteiger partial charge in [-0.1, -0.05) is 0 Å². The molecule has 2 aromatic rings. The average molecular weight is 280 g/mol. The van der Waals surface area contributed by atoms with E-state index in [0.29, 0.717) is 5.69 Å². The number of hydrogen-bond donors (Lipinski definition) is 2. The quantitative estimate of drug-likeness (QED) is 0.904. The molecule has 0 aliphatic carbocycles. The Balaban J connectivity index is 2.27. The molecule has 1 heterocycles. The van der Waals surface area contributed by atoms with E-state index in [1.165, 1.54) is 6.07 Å². The third-order valence-corrected chi connectivity index (χ3v) is 2.83. The lowest BCUT2D eigenvalue weighted by Crippen LogP contribution is -2.10. The molecular formula is C13H11F3N4. The van der Waals surface area contributed by atoms with Crippen LogP contribution >= 0.6 is 0 Å². The normalized spacial score (nSPS) is 12.8. The number of aromatic amines is 1. The van der Waals surface area contributed by atoms with Crippen molar-refractivity contribution in [1.82, 2.24) is 10.2 Å². The van der Waals surface area contributed by atoms with Crippen molar-refractivity contribution in [2.45, 2.75) is 19.1 Å². The van der Waals surface area contributed by atoms with E-state index in [0.717, 1.165) is 17.8 Å². The maximum Gasteiger partial charge on any atom is 0.416 e. The predicted molar refractivity (Wildman–Crippen MR) is 66.8 cm³/mol. The third-order valence-electron chi connectivity index (χ3n) is 2.83. The minimum atomic E-state index is -4.46. The number of anilines is 1. The maximum absolute atomic E-state index is 12.6. The van der Waals surface area contributed by atoms with E-state index in [4.69, 9.17) is 5.26 Å². The van der Waals surface area contributed by atoms with E-state index < -0.39 is 11.7 Å². The largest absolute Gasteiger partial charge is 0.416 e. The van der Waals surface area contributed by atoms with Gasteiger partial charge in [0.05, 0.1) is 28.6 Å². The molecule has 4 nitrogen and oxygen atoms in total. The van der Waals surface area contributed by atoms with Crippen molar-refractivity contribution in [2.24, 2.45) is 0 Å². The molecule has 0 aliphatic heterocycles. The summed E-state index contributed by atoms with van der Waals surface area (Å²) in [5.74, 6) is 0. The molecule has 0 amide bonds. The second-order valence-electron chi connectivity index (χ2n) is 4.25. The second kappa shape index (κ2) is 5.25. The molecule has 0 saturated heterocycles. The van der Waals surface area contributed by atoms with Gasteiger partial charge in [0.25, 0.3) is 0 Å². The van der Waals surface area contributed by atoms with Crippen LogP contribution in [0.5, 0.6) is 0 Å². The highest BCUT2D eigenvalue weighted by Crippen LogP contribution is 2.32. The first-order chi connectivity index (χ1) is 9.41. The summed E-state index contributed by atoms with van der Waals surface area (Å²) >= 11 is 0. The zero-order valence-corrected chi connectivity index (χ0v) is 10.5. The fourth-order valence-electron chi connectivity index (χ4n) is 1.76. The van der Waals surface area contributed by atoms with Crippen LogP contribution in [-0.2, 0) is 6.18 Å². The zero-order valence-electron chi connectivity index (χ0n) is 10.5. The van der Waals surface area contributed by atoms with Gasteiger partial charge in [-0.05, 0) is 31.2 Å². The van der Waals surface area contributed by atoms with Crippen LogP contribution in [0.3, 0.4) is 0 Å². The molecule has 2 rings (SSSR count). The number of alkyl halides is 3. The summed E-state index contributed by atoms with van der Waals surface area (Å²) in [7, 11) is 0. The number of hydrogen-bond acceptors (Lipinski definition) is 3. The van der Waals surface area contributed by atoms with Gasteiger partial charge in [0.1, 0.15) is 6.07 Å². The Morgan fingerprint density at radius 1 is 1.35 bits per heavy atom. The Labute approximate surface area is 113 Å². The van der Waals surface area contributed by atoms with E-state index in [1.807, 2.05) is 6.92 Å². The summed E-state index contributed by atoms with van der Waals surface area (Å²) in [6, 6.07) is 6.35. The van der Waals surface area contributed by atoms with Gasteiger partial charge in [0.2, 0.25) is 0 Å². The summed E-state index contributed by atoms with van der Waals surface area (Å²) in [6.45, 7) is 1.81. The fourth-order valence-corrected chi connectivity index (χ4v) is 1.76. The standard InChI is InChI=1S/C13H11F3N4/c1-8(11-4-5-18-20-11)19-12-3-2-10(13(14,15)16)6-9(12)7-17/h2-6,8,19H,1H3,(H,18,20). The lowest BCUT2D eigenvalue weighted by molar-refractivity contribution is -0.137. The Morgan fingerprint density at radius 2 is 2.10 bits per heavy atom.